The minimum Gasteiger partial charge on any atom is -0.456 e. The molecule has 1 aromatic rings. The zero-order chi connectivity index (χ0) is 15.8. The van der Waals surface area contributed by atoms with Gasteiger partial charge in [0.05, 0.1) is 10.8 Å². The number of nitro groups is 1. The predicted octanol–water partition coefficient (Wildman–Crippen LogP) is 2.81. The van der Waals surface area contributed by atoms with Crippen molar-refractivity contribution in [2.45, 2.75) is 33.3 Å². The molecule has 1 aromatic carbocycles. The van der Waals surface area contributed by atoms with Gasteiger partial charge >= 0.3 is 5.97 Å². The maximum atomic E-state index is 12.4. The standard InChI is InChI=1S/C15H17NO5/c1-4-11-12(21-14(18)15(2,3)13(11)17)9-5-7-10(8-6-9)16(19)20/h5-8,11-12H,4H2,1-3H3/t11-,12-/m0/s1. The van der Waals surface area contributed by atoms with E-state index in [-0.39, 0.29) is 11.5 Å². The summed E-state index contributed by atoms with van der Waals surface area (Å²) in [5.41, 5.74) is -0.581. The molecule has 6 nitrogen and oxygen atoms in total. The summed E-state index contributed by atoms with van der Waals surface area (Å²) in [5.74, 6) is -1.13. The lowest BCUT2D eigenvalue weighted by atomic mass is 9.74. The fraction of sp³-hybridized carbons (Fsp3) is 0.467. The number of benzene rings is 1. The molecular weight excluding hydrogens is 274 g/mol. The number of carbonyl (C=O) groups is 2. The molecule has 0 saturated carbocycles. The number of carbonyl (C=O) groups excluding carboxylic acids is 2. The van der Waals surface area contributed by atoms with Crippen LogP contribution in [0.5, 0.6) is 0 Å². The van der Waals surface area contributed by atoms with Gasteiger partial charge in [-0.3, -0.25) is 19.7 Å². The molecule has 0 amide bonds. The molecule has 1 saturated heterocycles. The fourth-order valence-corrected chi connectivity index (χ4v) is 2.53. The number of Topliss-reactive ketones (excluding diaryl/α,β-unsaturated/α-hetero) is 1. The highest BCUT2D eigenvalue weighted by molar-refractivity contribution is 6.06. The number of ketones is 1. The number of rotatable bonds is 3. The Balaban J connectivity index is 2.36. The van der Waals surface area contributed by atoms with Crippen LogP contribution < -0.4 is 0 Å². The van der Waals surface area contributed by atoms with E-state index >= 15 is 0 Å². The Morgan fingerprint density at radius 3 is 2.29 bits per heavy atom. The first-order valence-electron chi connectivity index (χ1n) is 6.78. The normalized spacial score (nSPS) is 24.5. The van der Waals surface area contributed by atoms with Crippen molar-refractivity contribution in [3.05, 3.63) is 39.9 Å². The zero-order valence-electron chi connectivity index (χ0n) is 12.2. The van der Waals surface area contributed by atoms with Crippen molar-refractivity contribution in [3.63, 3.8) is 0 Å². The number of nitro benzene ring substituents is 1. The highest BCUT2D eigenvalue weighted by Gasteiger charge is 2.50. The Bertz CT molecular complexity index is 591. The summed E-state index contributed by atoms with van der Waals surface area (Å²) in [6.45, 7) is 4.98. The Morgan fingerprint density at radius 1 is 1.24 bits per heavy atom. The van der Waals surface area contributed by atoms with Crippen LogP contribution in [0, 0.1) is 21.4 Å². The lowest BCUT2D eigenvalue weighted by Gasteiger charge is -2.37. The molecular formula is C15H17NO5. The molecule has 0 radical (unpaired) electrons. The van der Waals surface area contributed by atoms with E-state index in [1.165, 1.54) is 24.3 Å². The lowest BCUT2D eigenvalue weighted by Crippen LogP contribution is -2.47. The van der Waals surface area contributed by atoms with Gasteiger partial charge in [-0.25, -0.2) is 0 Å². The third-order valence-corrected chi connectivity index (χ3v) is 3.93. The summed E-state index contributed by atoms with van der Waals surface area (Å²) in [6, 6.07) is 5.76. The molecule has 0 bridgehead atoms. The zero-order valence-corrected chi connectivity index (χ0v) is 12.2. The molecule has 0 aliphatic carbocycles. The van der Waals surface area contributed by atoms with Gasteiger partial charge in [-0.05, 0) is 38.0 Å². The van der Waals surface area contributed by atoms with Gasteiger partial charge in [-0.2, -0.15) is 0 Å². The molecule has 1 fully saturated rings. The topological polar surface area (TPSA) is 86.5 Å². The second kappa shape index (κ2) is 5.27. The Labute approximate surface area is 122 Å². The van der Waals surface area contributed by atoms with Gasteiger partial charge in [0.1, 0.15) is 11.5 Å². The van der Waals surface area contributed by atoms with Crippen molar-refractivity contribution in [1.29, 1.82) is 0 Å². The maximum absolute atomic E-state index is 12.4. The number of hydrogen-bond acceptors (Lipinski definition) is 5. The van der Waals surface area contributed by atoms with E-state index in [2.05, 4.69) is 0 Å². The second-order valence-electron chi connectivity index (χ2n) is 5.68. The Kier molecular flexibility index (Phi) is 3.80. The Morgan fingerprint density at radius 2 is 1.81 bits per heavy atom. The van der Waals surface area contributed by atoms with E-state index in [4.69, 9.17) is 4.74 Å². The predicted molar refractivity (Wildman–Crippen MR) is 74.5 cm³/mol. The Hall–Kier alpha value is -2.24. The van der Waals surface area contributed by atoms with Gasteiger partial charge in [0.15, 0.2) is 5.78 Å². The van der Waals surface area contributed by atoms with Crippen LogP contribution in [-0.2, 0) is 14.3 Å². The molecule has 1 aliphatic heterocycles. The van der Waals surface area contributed by atoms with Crippen LogP contribution in [0.3, 0.4) is 0 Å². The molecule has 0 spiro atoms. The number of hydrogen-bond donors (Lipinski definition) is 0. The second-order valence-corrected chi connectivity index (χ2v) is 5.68. The lowest BCUT2D eigenvalue weighted by molar-refractivity contribution is -0.384. The molecule has 21 heavy (non-hydrogen) atoms. The largest absolute Gasteiger partial charge is 0.456 e. The molecule has 6 heteroatoms. The third-order valence-electron chi connectivity index (χ3n) is 3.93. The molecule has 1 aliphatic rings. The molecule has 112 valence electrons. The summed E-state index contributed by atoms with van der Waals surface area (Å²) in [4.78, 5) is 34.6. The van der Waals surface area contributed by atoms with Gasteiger partial charge in [0, 0.05) is 12.1 Å². The van der Waals surface area contributed by atoms with Gasteiger partial charge in [-0.15, -0.1) is 0 Å². The number of nitrogens with zero attached hydrogens (tertiary/aromatic N) is 1. The van der Waals surface area contributed by atoms with Crippen molar-refractivity contribution in [3.8, 4) is 0 Å². The van der Waals surface area contributed by atoms with Crippen LogP contribution >= 0.6 is 0 Å². The number of cyclic esters (lactones) is 1. The third kappa shape index (κ3) is 2.53. The number of non-ortho nitro benzene ring substituents is 1. The van der Waals surface area contributed by atoms with E-state index in [1.54, 1.807) is 13.8 Å². The van der Waals surface area contributed by atoms with Crippen LogP contribution in [0.15, 0.2) is 24.3 Å². The van der Waals surface area contributed by atoms with E-state index in [1.807, 2.05) is 6.92 Å². The van der Waals surface area contributed by atoms with E-state index in [9.17, 15) is 19.7 Å². The average molecular weight is 291 g/mol. The molecule has 0 aromatic heterocycles. The van der Waals surface area contributed by atoms with Crippen molar-refractivity contribution in [2.24, 2.45) is 11.3 Å². The first kappa shape index (κ1) is 15.2. The van der Waals surface area contributed by atoms with Gasteiger partial charge in [-0.1, -0.05) is 6.92 Å². The highest BCUT2D eigenvalue weighted by atomic mass is 16.6. The summed E-state index contributed by atoms with van der Waals surface area (Å²) < 4.78 is 5.43. The molecule has 0 N–H and O–H groups in total. The van der Waals surface area contributed by atoms with Gasteiger partial charge in [0.2, 0.25) is 0 Å². The van der Waals surface area contributed by atoms with Crippen molar-refractivity contribution < 1.29 is 19.2 Å². The number of ether oxygens (including phenoxy) is 1. The smallest absolute Gasteiger partial charge is 0.319 e. The van der Waals surface area contributed by atoms with Crippen molar-refractivity contribution in [1.82, 2.24) is 0 Å². The van der Waals surface area contributed by atoms with E-state index < -0.39 is 28.3 Å². The van der Waals surface area contributed by atoms with Crippen LogP contribution in [-0.4, -0.2) is 16.7 Å². The minimum atomic E-state index is -1.14. The van der Waals surface area contributed by atoms with Crippen molar-refractivity contribution >= 4 is 17.4 Å². The SMILES string of the molecule is CC[C@@H]1C(=O)C(C)(C)C(=O)O[C@H]1c1ccc([N+](=O)[O-])cc1. The summed E-state index contributed by atoms with van der Waals surface area (Å²) in [7, 11) is 0. The minimum absolute atomic E-state index is 0.0411. The number of esters is 1. The maximum Gasteiger partial charge on any atom is 0.319 e. The first-order chi connectivity index (χ1) is 9.78. The fourth-order valence-electron chi connectivity index (χ4n) is 2.53. The summed E-state index contributed by atoms with van der Waals surface area (Å²) in [5, 5.41) is 10.7. The van der Waals surface area contributed by atoms with E-state index in [0.717, 1.165) is 0 Å². The van der Waals surface area contributed by atoms with Crippen LogP contribution in [0.2, 0.25) is 0 Å². The van der Waals surface area contributed by atoms with Crippen LogP contribution in [0.4, 0.5) is 5.69 Å². The molecule has 2 atom stereocenters. The molecule has 2 rings (SSSR count). The van der Waals surface area contributed by atoms with Crippen LogP contribution in [0.1, 0.15) is 38.9 Å². The molecule has 0 unspecified atom stereocenters. The molecule has 1 heterocycles. The summed E-state index contributed by atoms with van der Waals surface area (Å²) in [6.07, 6.45) is -0.138. The first-order valence-corrected chi connectivity index (χ1v) is 6.78. The van der Waals surface area contributed by atoms with E-state index in [0.29, 0.717) is 12.0 Å². The average Bonchev–Trinajstić information content (AvgIpc) is 2.45. The quantitative estimate of drug-likeness (QED) is 0.370. The summed E-state index contributed by atoms with van der Waals surface area (Å²) >= 11 is 0. The van der Waals surface area contributed by atoms with Crippen molar-refractivity contribution in [2.75, 3.05) is 0 Å². The van der Waals surface area contributed by atoms with Gasteiger partial charge < -0.3 is 4.74 Å². The van der Waals surface area contributed by atoms with Gasteiger partial charge in [0.25, 0.3) is 5.69 Å². The van der Waals surface area contributed by atoms with Crippen LogP contribution in [0.25, 0.3) is 0 Å². The highest BCUT2D eigenvalue weighted by Crippen LogP contribution is 2.41. The monoisotopic (exact) mass is 291 g/mol.